The molecule has 3 aromatic rings. The van der Waals surface area contributed by atoms with E-state index in [0.717, 1.165) is 25.3 Å². The summed E-state index contributed by atoms with van der Waals surface area (Å²) in [5.41, 5.74) is 2.49. The number of halogens is 3. The number of carbonyl (C=O) groups excluding carboxylic acids is 1. The number of hydrogen-bond donors (Lipinski definition) is 1. The van der Waals surface area contributed by atoms with Crippen LogP contribution in [0.1, 0.15) is 11.1 Å². The standard InChI is InChI=1S/C23H16Cl2INO3S/c1-29-19-9-13(10-21-23(28)27-18-4-2-3-5-20(18)31-21)8-17(26)22(19)30-12-14-6-7-15(24)11-16(14)25/h2-11H,12H2,1H3,(H,27,28)/b21-10-. The highest BCUT2D eigenvalue weighted by Gasteiger charge is 2.21. The van der Waals surface area contributed by atoms with Gasteiger partial charge in [-0.15, -0.1) is 0 Å². The molecule has 0 bridgehead atoms. The second-order valence-corrected chi connectivity index (χ2v) is 9.71. The fraction of sp³-hybridized carbons (Fsp3) is 0.0870. The molecule has 1 N–H and O–H groups in total. The Labute approximate surface area is 208 Å². The number of hydrogen-bond acceptors (Lipinski definition) is 4. The number of anilines is 1. The maximum atomic E-state index is 12.5. The first-order chi connectivity index (χ1) is 14.9. The van der Waals surface area contributed by atoms with Gasteiger partial charge in [0.15, 0.2) is 11.5 Å². The molecule has 0 saturated carbocycles. The third-order valence-electron chi connectivity index (χ3n) is 4.52. The van der Waals surface area contributed by atoms with E-state index in [-0.39, 0.29) is 12.5 Å². The van der Waals surface area contributed by atoms with E-state index in [2.05, 4.69) is 27.9 Å². The predicted molar refractivity (Wildman–Crippen MR) is 135 cm³/mol. The van der Waals surface area contributed by atoms with Gasteiger partial charge in [-0.1, -0.05) is 53.2 Å². The maximum absolute atomic E-state index is 12.5. The van der Waals surface area contributed by atoms with Gasteiger partial charge in [0.2, 0.25) is 0 Å². The zero-order valence-electron chi connectivity index (χ0n) is 16.2. The molecule has 0 unspecified atom stereocenters. The molecular weight excluding hydrogens is 568 g/mol. The van der Waals surface area contributed by atoms with Crippen LogP contribution in [0.5, 0.6) is 11.5 Å². The molecule has 31 heavy (non-hydrogen) atoms. The number of ether oxygens (including phenoxy) is 2. The molecule has 0 fully saturated rings. The van der Waals surface area contributed by atoms with Crippen molar-refractivity contribution in [2.75, 3.05) is 12.4 Å². The molecule has 0 aliphatic carbocycles. The second kappa shape index (κ2) is 9.73. The van der Waals surface area contributed by atoms with Gasteiger partial charge in [-0.2, -0.15) is 0 Å². The van der Waals surface area contributed by atoms with Crippen LogP contribution in [0.2, 0.25) is 10.0 Å². The molecule has 1 aliphatic heterocycles. The first kappa shape index (κ1) is 22.3. The minimum absolute atomic E-state index is 0.129. The quantitative estimate of drug-likeness (QED) is 0.253. The van der Waals surface area contributed by atoms with Gasteiger partial charge in [-0.25, -0.2) is 0 Å². The maximum Gasteiger partial charge on any atom is 0.262 e. The fourth-order valence-electron chi connectivity index (χ4n) is 3.01. The number of thioether (sulfide) groups is 1. The Balaban J connectivity index is 1.59. The Hall–Kier alpha value is -1.87. The van der Waals surface area contributed by atoms with Crippen LogP contribution >= 0.6 is 57.6 Å². The topological polar surface area (TPSA) is 47.6 Å². The zero-order valence-corrected chi connectivity index (χ0v) is 20.7. The van der Waals surface area contributed by atoms with Crippen LogP contribution in [-0.2, 0) is 11.4 Å². The molecule has 4 rings (SSSR count). The molecule has 0 radical (unpaired) electrons. The van der Waals surface area contributed by atoms with Crippen LogP contribution in [0, 0.1) is 3.57 Å². The summed E-state index contributed by atoms with van der Waals surface area (Å²) in [6, 6.07) is 16.8. The molecule has 3 aromatic carbocycles. The van der Waals surface area contributed by atoms with Crippen molar-refractivity contribution in [2.24, 2.45) is 0 Å². The largest absolute Gasteiger partial charge is 0.493 e. The Morgan fingerprint density at radius 2 is 1.94 bits per heavy atom. The average molecular weight is 584 g/mol. The number of methoxy groups -OCH3 is 1. The van der Waals surface area contributed by atoms with Crippen LogP contribution < -0.4 is 14.8 Å². The monoisotopic (exact) mass is 583 g/mol. The van der Waals surface area contributed by atoms with Gasteiger partial charge in [0, 0.05) is 20.5 Å². The fourth-order valence-corrected chi connectivity index (χ4v) is 5.20. The predicted octanol–water partition coefficient (Wildman–Crippen LogP) is 7.27. The number of fused-ring (bicyclic) bond motifs is 1. The number of carbonyl (C=O) groups is 1. The zero-order chi connectivity index (χ0) is 22.0. The summed E-state index contributed by atoms with van der Waals surface area (Å²) in [6.45, 7) is 0.276. The number of para-hydroxylation sites is 1. The highest BCUT2D eigenvalue weighted by Crippen LogP contribution is 2.40. The summed E-state index contributed by atoms with van der Waals surface area (Å²) >= 11 is 15.8. The van der Waals surface area contributed by atoms with Crippen LogP contribution in [0.3, 0.4) is 0 Å². The minimum Gasteiger partial charge on any atom is -0.493 e. The van der Waals surface area contributed by atoms with Crippen LogP contribution in [0.25, 0.3) is 6.08 Å². The lowest BCUT2D eigenvalue weighted by molar-refractivity contribution is -0.112. The summed E-state index contributed by atoms with van der Waals surface area (Å²) in [5, 5.41) is 4.04. The normalized spacial score (nSPS) is 14.2. The Kier molecular flexibility index (Phi) is 7.01. The first-order valence-corrected chi connectivity index (χ1v) is 11.8. The van der Waals surface area contributed by atoms with Crippen molar-refractivity contribution in [1.82, 2.24) is 0 Å². The molecule has 1 amide bonds. The number of nitrogens with one attached hydrogen (secondary N) is 1. The van der Waals surface area contributed by atoms with Gasteiger partial charge >= 0.3 is 0 Å². The van der Waals surface area contributed by atoms with E-state index in [0.29, 0.717) is 26.4 Å². The van der Waals surface area contributed by atoms with E-state index in [1.165, 1.54) is 11.8 Å². The lowest BCUT2D eigenvalue weighted by Crippen LogP contribution is -2.17. The molecular formula is C23H16Cl2INO3S. The van der Waals surface area contributed by atoms with Gasteiger partial charge in [0.05, 0.1) is 21.3 Å². The molecule has 4 nitrogen and oxygen atoms in total. The molecule has 8 heteroatoms. The van der Waals surface area contributed by atoms with E-state index in [9.17, 15) is 4.79 Å². The van der Waals surface area contributed by atoms with Crippen molar-refractivity contribution in [2.45, 2.75) is 11.5 Å². The average Bonchev–Trinajstić information content (AvgIpc) is 2.74. The summed E-state index contributed by atoms with van der Waals surface area (Å²) in [4.78, 5) is 14.1. The number of rotatable bonds is 5. The lowest BCUT2D eigenvalue weighted by atomic mass is 10.1. The molecule has 0 atom stereocenters. The van der Waals surface area contributed by atoms with E-state index in [1.807, 2.05) is 48.5 Å². The van der Waals surface area contributed by atoms with Crippen molar-refractivity contribution in [3.63, 3.8) is 0 Å². The number of amides is 1. The first-order valence-electron chi connectivity index (χ1n) is 9.19. The molecule has 0 spiro atoms. The van der Waals surface area contributed by atoms with Crippen molar-refractivity contribution < 1.29 is 14.3 Å². The van der Waals surface area contributed by atoms with Gasteiger partial charge in [-0.05, 0) is 70.6 Å². The minimum atomic E-state index is -0.129. The van der Waals surface area contributed by atoms with Gasteiger partial charge in [0.1, 0.15) is 6.61 Å². The van der Waals surface area contributed by atoms with Gasteiger partial charge < -0.3 is 14.8 Å². The van der Waals surface area contributed by atoms with Crippen molar-refractivity contribution in [3.05, 3.63) is 84.2 Å². The van der Waals surface area contributed by atoms with Gasteiger partial charge in [-0.3, -0.25) is 4.79 Å². The smallest absolute Gasteiger partial charge is 0.262 e. The van der Waals surface area contributed by atoms with Crippen LogP contribution in [-0.4, -0.2) is 13.0 Å². The molecule has 1 heterocycles. The second-order valence-electron chi connectivity index (χ2n) is 6.62. The lowest BCUT2D eigenvalue weighted by Gasteiger charge is -2.18. The Morgan fingerprint density at radius 3 is 2.71 bits per heavy atom. The third-order valence-corrected chi connectivity index (χ3v) is 7.00. The van der Waals surface area contributed by atoms with E-state index >= 15 is 0 Å². The van der Waals surface area contributed by atoms with E-state index in [4.69, 9.17) is 32.7 Å². The SMILES string of the molecule is COc1cc(/C=C2\Sc3ccccc3NC2=O)cc(I)c1OCc1ccc(Cl)cc1Cl. The van der Waals surface area contributed by atoms with Crippen molar-refractivity contribution in [3.8, 4) is 11.5 Å². The van der Waals surface area contributed by atoms with Crippen LogP contribution in [0.4, 0.5) is 5.69 Å². The van der Waals surface area contributed by atoms with Gasteiger partial charge in [0.25, 0.3) is 5.91 Å². The molecule has 0 saturated heterocycles. The van der Waals surface area contributed by atoms with E-state index in [1.54, 1.807) is 19.2 Å². The van der Waals surface area contributed by atoms with E-state index < -0.39 is 0 Å². The Morgan fingerprint density at radius 1 is 1.13 bits per heavy atom. The summed E-state index contributed by atoms with van der Waals surface area (Å²) < 4.78 is 12.4. The van der Waals surface area contributed by atoms with Crippen molar-refractivity contribution in [1.29, 1.82) is 0 Å². The van der Waals surface area contributed by atoms with Crippen molar-refractivity contribution >= 4 is 75.2 Å². The molecule has 1 aliphatic rings. The summed E-state index contributed by atoms with van der Waals surface area (Å²) in [7, 11) is 1.59. The highest BCUT2D eigenvalue weighted by molar-refractivity contribution is 14.1. The molecule has 158 valence electrons. The third kappa shape index (κ3) is 5.14. The Bertz CT molecular complexity index is 1200. The van der Waals surface area contributed by atoms with Crippen LogP contribution in [0.15, 0.2) is 64.4 Å². The summed E-state index contributed by atoms with van der Waals surface area (Å²) in [6.07, 6.45) is 1.85. The number of benzene rings is 3. The highest BCUT2D eigenvalue weighted by atomic mass is 127. The molecule has 0 aromatic heterocycles. The summed E-state index contributed by atoms with van der Waals surface area (Å²) in [5.74, 6) is 1.06.